The quantitative estimate of drug-likeness (QED) is 0.621. The second kappa shape index (κ2) is 8.38. The molecule has 4 rings (SSSR count). The molecule has 9 nitrogen and oxygen atoms in total. The summed E-state index contributed by atoms with van der Waals surface area (Å²) >= 11 is 0. The summed E-state index contributed by atoms with van der Waals surface area (Å²) in [5.41, 5.74) is 1.91. The van der Waals surface area contributed by atoms with E-state index in [2.05, 4.69) is 32.1 Å². The number of likely N-dealkylation sites (N-methyl/N-ethyl adjacent to an activating group) is 1. The van der Waals surface area contributed by atoms with E-state index in [9.17, 15) is 8.42 Å². The fourth-order valence-corrected chi connectivity index (χ4v) is 4.69. The summed E-state index contributed by atoms with van der Waals surface area (Å²) < 4.78 is 27.4. The Morgan fingerprint density at radius 1 is 1.20 bits per heavy atom. The summed E-state index contributed by atoms with van der Waals surface area (Å²) in [6, 6.07) is 9.93. The smallest absolute Gasteiger partial charge is 0.211 e. The minimum atomic E-state index is -3.19. The lowest BCUT2D eigenvalue weighted by atomic mass is 10.1. The number of fused-ring (bicyclic) bond motifs is 1. The van der Waals surface area contributed by atoms with Crippen LogP contribution in [0.25, 0.3) is 16.9 Å². The summed E-state index contributed by atoms with van der Waals surface area (Å²) in [5, 5.41) is 3.47. The zero-order chi connectivity index (χ0) is 21.3. The number of imidazole rings is 1. The molecule has 1 saturated heterocycles. The minimum Gasteiger partial charge on any atom is -0.306 e. The zero-order valence-electron chi connectivity index (χ0n) is 17.4. The largest absolute Gasteiger partial charge is 0.306 e. The molecule has 0 radical (unpaired) electrons. The molecule has 0 amide bonds. The van der Waals surface area contributed by atoms with Gasteiger partial charge >= 0.3 is 0 Å². The molecule has 1 aliphatic rings. The van der Waals surface area contributed by atoms with E-state index in [4.69, 9.17) is 0 Å². The van der Waals surface area contributed by atoms with Crippen molar-refractivity contribution in [3.05, 3.63) is 48.7 Å². The molecule has 3 aromatic rings. The van der Waals surface area contributed by atoms with Crippen molar-refractivity contribution >= 4 is 21.1 Å². The van der Waals surface area contributed by atoms with Crippen molar-refractivity contribution < 1.29 is 8.42 Å². The van der Waals surface area contributed by atoms with E-state index < -0.39 is 10.0 Å². The molecule has 0 saturated carbocycles. The highest BCUT2D eigenvalue weighted by Gasteiger charge is 2.32. The van der Waals surface area contributed by atoms with Gasteiger partial charge in [0.25, 0.3) is 0 Å². The van der Waals surface area contributed by atoms with E-state index in [1.54, 1.807) is 16.8 Å². The number of para-hydroxylation sites is 2. The van der Waals surface area contributed by atoms with E-state index in [-0.39, 0.29) is 12.1 Å². The van der Waals surface area contributed by atoms with E-state index in [0.717, 1.165) is 16.9 Å². The lowest BCUT2D eigenvalue weighted by Crippen LogP contribution is -2.59. The Morgan fingerprint density at radius 3 is 2.80 bits per heavy atom. The van der Waals surface area contributed by atoms with Gasteiger partial charge < -0.3 is 5.32 Å². The van der Waals surface area contributed by atoms with Crippen molar-refractivity contribution in [3.63, 3.8) is 0 Å². The number of sulfonamides is 1. The van der Waals surface area contributed by atoms with E-state index in [0.29, 0.717) is 32.0 Å². The van der Waals surface area contributed by atoms with Crippen LogP contribution in [0.4, 0.5) is 0 Å². The molecule has 1 fully saturated rings. The van der Waals surface area contributed by atoms with Gasteiger partial charge in [0.15, 0.2) is 0 Å². The Morgan fingerprint density at radius 2 is 2.00 bits per heavy atom. The Labute approximate surface area is 176 Å². The number of piperazine rings is 1. The first-order chi connectivity index (χ1) is 14.3. The van der Waals surface area contributed by atoms with Crippen molar-refractivity contribution in [2.24, 2.45) is 0 Å². The molecule has 10 heteroatoms. The number of hydrogen-bond acceptors (Lipinski definition) is 7. The van der Waals surface area contributed by atoms with Gasteiger partial charge in [-0.05, 0) is 32.2 Å². The molecule has 160 valence electrons. The summed E-state index contributed by atoms with van der Waals surface area (Å²) in [5.74, 6) is 1.44. The number of nitrogens with zero attached hydrogens (tertiary/aromatic N) is 6. The van der Waals surface area contributed by atoms with E-state index >= 15 is 0 Å². The number of hydrogen-bond donors (Lipinski definition) is 1. The first-order valence-corrected chi connectivity index (χ1v) is 11.8. The van der Waals surface area contributed by atoms with Gasteiger partial charge in [-0.1, -0.05) is 12.1 Å². The van der Waals surface area contributed by atoms with Crippen molar-refractivity contribution in [1.29, 1.82) is 0 Å². The average molecular weight is 430 g/mol. The molecule has 1 aliphatic heterocycles. The standard InChI is InChI=1S/C20H27N7O2S/c1-15(18-13-26(30(3,28)29)11-10-25(18)2)22-12-19-21-9-8-20(24-19)27-14-23-16-6-4-5-7-17(16)27/h4-9,14-15,18,22H,10-13H2,1-3H3. The van der Waals surface area contributed by atoms with Gasteiger partial charge in [-0.2, -0.15) is 4.31 Å². The van der Waals surface area contributed by atoms with Gasteiger partial charge in [0.1, 0.15) is 18.0 Å². The van der Waals surface area contributed by atoms with Crippen LogP contribution in [0.5, 0.6) is 0 Å². The molecule has 0 aliphatic carbocycles. The van der Waals surface area contributed by atoms with Crippen LogP contribution >= 0.6 is 0 Å². The number of benzene rings is 1. The fourth-order valence-electron chi connectivity index (χ4n) is 3.85. The molecule has 3 heterocycles. The molecule has 1 aromatic carbocycles. The third-order valence-electron chi connectivity index (χ3n) is 5.68. The van der Waals surface area contributed by atoms with Gasteiger partial charge in [-0.15, -0.1) is 0 Å². The molecular weight excluding hydrogens is 402 g/mol. The van der Waals surface area contributed by atoms with Gasteiger partial charge in [-0.3, -0.25) is 9.47 Å². The number of nitrogens with one attached hydrogen (secondary N) is 1. The minimum absolute atomic E-state index is 0.0703. The Bertz CT molecular complexity index is 1130. The van der Waals surface area contributed by atoms with Crippen LogP contribution in [-0.4, -0.2) is 82.2 Å². The highest BCUT2D eigenvalue weighted by molar-refractivity contribution is 7.88. The SMILES string of the molecule is CC(NCc1nccc(-n2cnc3ccccc32)n1)C1CN(S(C)(=O)=O)CCN1C. The first-order valence-electron chi connectivity index (χ1n) is 9.96. The summed E-state index contributed by atoms with van der Waals surface area (Å²) in [6.45, 7) is 4.28. The number of aromatic nitrogens is 4. The monoisotopic (exact) mass is 429 g/mol. The zero-order valence-corrected chi connectivity index (χ0v) is 18.2. The van der Waals surface area contributed by atoms with Crippen LogP contribution in [0.2, 0.25) is 0 Å². The molecule has 2 aromatic heterocycles. The first kappa shape index (κ1) is 20.9. The molecule has 2 atom stereocenters. The summed E-state index contributed by atoms with van der Waals surface area (Å²) in [6.07, 6.45) is 4.78. The van der Waals surface area contributed by atoms with Gasteiger partial charge in [0.05, 0.1) is 23.8 Å². The third kappa shape index (κ3) is 4.36. The molecule has 2 unspecified atom stereocenters. The van der Waals surface area contributed by atoms with E-state index in [1.807, 2.05) is 41.9 Å². The fraction of sp³-hybridized carbons (Fsp3) is 0.450. The molecule has 30 heavy (non-hydrogen) atoms. The van der Waals surface area contributed by atoms with Gasteiger partial charge in [0.2, 0.25) is 10.0 Å². The van der Waals surface area contributed by atoms with Crippen LogP contribution in [0.3, 0.4) is 0 Å². The van der Waals surface area contributed by atoms with Crippen LogP contribution in [-0.2, 0) is 16.6 Å². The molecule has 0 spiro atoms. The lowest BCUT2D eigenvalue weighted by molar-refractivity contribution is 0.120. The van der Waals surface area contributed by atoms with Gasteiger partial charge in [-0.25, -0.2) is 23.4 Å². The molecular formula is C20H27N7O2S. The maximum absolute atomic E-state index is 11.9. The topological polar surface area (TPSA) is 96.2 Å². The van der Waals surface area contributed by atoms with Crippen LogP contribution < -0.4 is 5.32 Å². The van der Waals surface area contributed by atoms with Crippen LogP contribution in [0.15, 0.2) is 42.9 Å². The van der Waals surface area contributed by atoms with Crippen molar-refractivity contribution in [1.82, 2.24) is 34.0 Å². The van der Waals surface area contributed by atoms with Crippen molar-refractivity contribution in [2.45, 2.75) is 25.6 Å². The van der Waals surface area contributed by atoms with Crippen LogP contribution in [0, 0.1) is 0 Å². The third-order valence-corrected chi connectivity index (χ3v) is 6.95. The Hall–Kier alpha value is -2.40. The second-order valence-corrected chi connectivity index (χ2v) is 9.76. The van der Waals surface area contributed by atoms with Crippen molar-refractivity contribution in [3.8, 4) is 5.82 Å². The second-order valence-electron chi connectivity index (χ2n) is 7.77. The Kier molecular flexibility index (Phi) is 5.83. The predicted octanol–water partition coefficient (Wildman–Crippen LogP) is 0.869. The maximum Gasteiger partial charge on any atom is 0.211 e. The normalized spacial score (nSPS) is 19.9. The van der Waals surface area contributed by atoms with Crippen molar-refractivity contribution in [2.75, 3.05) is 32.9 Å². The predicted molar refractivity (Wildman–Crippen MR) is 116 cm³/mol. The lowest BCUT2D eigenvalue weighted by Gasteiger charge is -2.41. The maximum atomic E-state index is 11.9. The van der Waals surface area contributed by atoms with Gasteiger partial charge in [0, 0.05) is 37.9 Å². The number of rotatable bonds is 6. The molecule has 1 N–H and O–H groups in total. The summed E-state index contributed by atoms with van der Waals surface area (Å²) in [4.78, 5) is 15.7. The highest BCUT2D eigenvalue weighted by atomic mass is 32.2. The highest BCUT2D eigenvalue weighted by Crippen LogP contribution is 2.17. The molecule has 0 bridgehead atoms. The van der Waals surface area contributed by atoms with E-state index in [1.165, 1.54) is 6.26 Å². The van der Waals surface area contributed by atoms with Crippen LogP contribution in [0.1, 0.15) is 12.7 Å². The Balaban J connectivity index is 1.46. The summed E-state index contributed by atoms with van der Waals surface area (Å²) in [7, 11) is -1.15. The average Bonchev–Trinajstić information content (AvgIpc) is 3.16.